The minimum atomic E-state index is 0.645. The number of rotatable bonds is 1. The molecule has 2 rings (SSSR count). The number of hydrogen-bond donors (Lipinski definition) is 0. The van der Waals surface area contributed by atoms with Gasteiger partial charge in [0.2, 0.25) is 0 Å². The van der Waals surface area contributed by atoms with E-state index in [2.05, 4.69) is 10.5 Å². The zero-order valence-corrected chi connectivity index (χ0v) is 7.92. The van der Waals surface area contributed by atoms with E-state index in [4.69, 9.17) is 11.6 Å². The topological polar surface area (TPSA) is 26.5 Å². The molecule has 0 N–H and O–H groups in total. The summed E-state index contributed by atoms with van der Waals surface area (Å²) in [5, 5.41) is 4.56. The van der Waals surface area contributed by atoms with Crippen molar-refractivity contribution in [2.45, 2.75) is 6.92 Å². The molecule has 65 valence electrons. The van der Waals surface area contributed by atoms with Crippen molar-refractivity contribution in [2.75, 3.05) is 0 Å². The Kier molecular flexibility index (Phi) is 2.07. The Bertz CT molecular complexity index is 379. The molecule has 1 heterocycles. The Balaban J connectivity index is 2.41. The van der Waals surface area contributed by atoms with Gasteiger partial charge in [0.15, 0.2) is 0 Å². The van der Waals surface area contributed by atoms with Crippen molar-refractivity contribution < 1.29 is 0 Å². The zero-order chi connectivity index (χ0) is 9.26. The Morgan fingerprint density at radius 1 is 1.15 bits per heavy atom. The Morgan fingerprint density at radius 3 is 2.38 bits per heavy atom. The lowest BCUT2D eigenvalue weighted by Crippen LogP contribution is -1.91. The van der Waals surface area contributed by atoms with E-state index in [1.807, 2.05) is 37.3 Å². The second-order valence-corrected chi connectivity index (χ2v) is 3.19. The van der Waals surface area contributed by atoms with Crippen LogP contribution in [0.15, 0.2) is 40.5 Å². The first-order valence-electron chi connectivity index (χ1n) is 4.00. The van der Waals surface area contributed by atoms with Crippen molar-refractivity contribution in [3.8, 4) is 0 Å². The van der Waals surface area contributed by atoms with Crippen LogP contribution in [-0.2, 0) is 0 Å². The van der Waals surface area contributed by atoms with E-state index in [0.717, 1.165) is 17.0 Å². The molecule has 0 unspecified atom stereocenters. The van der Waals surface area contributed by atoms with Crippen molar-refractivity contribution in [1.29, 1.82) is 0 Å². The number of benzene rings is 1. The molecule has 0 amide bonds. The highest BCUT2D eigenvalue weighted by molar-refractivity contribution is 6.46. The fraction of sp³-hybridized carbons (Fsp3) is 0.100. The molecule has 1 aliphatic heterocycles. The van der Waals surface area contributed by atoms with Crippen LogP contribution in [0, 0.1) is 0 Å². The zero-order valence-electron chi connectivity index (χ0n) is 7.16. The molecule has 1 aromatic carbocycles. The van der Waals surface area contributed by atoms with Gasteiger partial charge < -0.3 is 0 Å². The third kappa shape index (κ3) is 1.45. The first-order chi connectivity index (χ1) is 6.29. The molecule has 13 heavy (non-hydrogen) atoms. The molecule has 0 bridgehead atoms. The van der Waals surface area contributed by atoms with Gasteiger partial charge in [-0.2, -0.15) is 5.10 Å². The maximum absolute atomic E-state index is 6.02. The average Bonchev–Trinajstić information content (AvgIpc) is 2.49. The second kappa shape index (κ2) is 3.23. The molecule has 0 saturated heterocycles. The summed E-state index contributed by atoms with van der Waals surface area (Å²) in [4.78, 5) is 0. The molecule has 2 nitrogen and oxygen atoms in total. The van der Waals surface area contributed by atoms with Gasteiger partial charge in [-0.05, 0) is 6.92 Å². The van der Waals surface area contributed by atoms with Crippen LogP contribution in [-0.4, -0.2) is 5.71 Å². The van der Waals surface area contributed by atoms with E-state index in [1.54, 1.807) is 0 Å². The first kappa shape index (κ1) is 8.32. The van der Waals surface area contributed by atoms with Crippen molar-refractivity contribution in [3.05, 3.63) is 40.9 Å². The molecule has 0 spiro atoms. The summed E-state index contributed by atoms with van der Waals surface area (Å²) in [7, 11) is 0. The van der Waals surface area contributed by atoms with Gasteiger partial charge in [0.25, 0.3) is 0 Å². The predicted molar refractivity (Wildman–Crippen MR) is 54.5 cm³/mol. The molecule has 3 heteroatoms. The number of hydrogen-bond acceptors (Lipinski definition) is 1. The minimum Gasteiger partial charge on any atom is -0.154 e. The lowest BCUT2D eigenvalue weighted by molar-refractivity contribution is 0.992. The molecule has 1 radical (unpaired) electrons. The van der Waals surface area contributed by atoms with Gasteiger partial charge in [0.1, 0.15) is 5.70 Å². The van der Waals surface area contributed by atoms with E-state index in [0.29, 0.717) is 5.03 Å². The van der Waals surface area contributed by atoms with Crippen LogP contribution in [0.1, 0.15) is 12.5 Å². The van der Waals surface area contributed by atoms with Crippen molar-refractivity contribution >= 4 is 23.0 Å². The Morgan fingerprint density at radius 2 is 1.85 bits per heavy atom. The monoisotopic (exact) mass is 191 g/mol. The molecule has 1 aliphatic rings. The van der Waals surface area contributed by atoms with Crippen LogP contribution >= 0.6 is 11.6 Å². The van der Waals surface area contributed by atoms with Gasteiger partial charge in [-0.25, -0.2) is 0 Å². The average molecular weight is 192 g/mol. The molecule has 0 aliphatic carbocycles. The highest BCUT2D eigenvalue weighted by atomic mass is 35.5. The third-order valence-corrected chi connectivity index (χ3v) is 2.33. The van der Waals surface area contributed by atoms with Gasteiger partial charge in [-0.1, -0.05) is 41.9 Å². The van der Waals surface area contributed by atoms with Gasteiger partial charge in [0, 0.05) is 5.56 Å². The quantitative estimate of drug-likeness (QED) is 0.653. The van der Waals surface area contributed by atoms with Crippen LogP contribution in [0.3, 0.4) is 0 Å². The lowest BCUT2D eigenvalue weighted by atomic mass is 10.1. The molecular formula is C10H8ClN2. The highest BCUT2D eigenvalue weighted by Crippen LogP contribution is 2.25. The summed E-state index contributed by atoms with van der Waals surface area (Å²) in [5.41, 5.74) is 6.55. The van der Waals surface area contributed by atoms with Crippen molar-refractivity contribution in [1.82, 2.24) is 5.43 Å². The summed E-state index contributed by atoms with van der Waals surface area (Å²) in [6, 6.07) is 9.80. The van der Waals surface area contributed by atoms with E-state index >= 15 is 0 Å². The van der Waals surface area contributed by atoms with E-state index in [1.165, 1.54) is 0 Å². The van der Waals surface area contributed by atoms with Gasteiger partial charge in [0.05, 0.1) is 10.7 Å². The number of nitrogens with zero attached hydrogens (tertiary/aromatic N) is 2. The summed E-state index contributed by atoms with van der Waals surface area (Å²) in [6.07, 6.45) is 0. The maximum Gasteiger partial charge on any atom is 0.113 e. The van der Waals surface area contributed by atoms with Gasteiger partial charge in [-0.3, -0.25) is 0 Å². The van der Waals surface area contributed by atoms with Crippen molar-refractivity contribution in [2.24, 2.45) is 5.10 Å². The van der Waals surface area contributed by atoms with E-state index < -0.39 is 0 Å². The highest BCUT2D eigenvalue weighted by Gasteiger charge is 2.16. The third-order valence-electron chi connectivity index (χ3n) is 1.87. The summed E-state index contributed by atoms with van der Waals surface area (Å²) in [6.45, 7) is 1.85. The summed E-state index contributed by atoms with van der Waals surface area (Å²) in [5.74, 6) is 0. The van der Waals surface area contributed by atoms with E-state index in [-0.39, 0.29) is 0 Å². The first-order valence-corrected chi connectivity index (χ1v) is 4.37. The largest absolute Gasteiger partial charge is 0.154 e. The number of halogens is 1. The predicted octanol–water partition coefficient (Wildman–Crippen LogP) is 2.59. The fourth-order valence-electron chi connectivity index (χ4n) is 1.16. The molecule has 1 aromatic rings. The van der Waals surface area contributed by atoms with Crippen LogP contribution < -0.4 is 5.43 Å². The number of allylic oxidation sites excluding steroid dienone is 1. The lowest BCUT2D eigenvalue weighted by Gasteiger charge is -1.99. The smallest absolute Gasteiger partial charge is 0.113 e. The molecule has 0 atom stereocenters. The van der Waals surface area contributed by atoms with Crippen LogP contribution in [0.25, 0.3) is 5.70 Å². The SMILES string of the molecule is CC1=N[N]C(c2ccccc2)=C1Cl. The molecular weight excluding hydrogens is 184 g/mol. The van der Waals surface area contributed by atoms with Crippen LogP contribution in [0.5, 0.6) is 0 Å². The fourth-order valence-corrected chi connectivity index (χ4v) is 1.35. The second-order valence-electron chi connectivity index (χ2n) is 2.81. The van der Waals surface area contributed by atoms with E-state index in [9.17, 15) is 0 Å². The summed E-state index contributed by atoms with van der Waals surface area (Å²) < 4.78 is 0. The normalized spacial score (nSPS) is 15.7. The Hall–Kier alpha value is -1.28. The van der Waals surface area contributed by atoms with Crippen LogP contribution in [0.2, 0.25) is 0 Å². The maximum atomic E-state index is 6.02. The molecule has 0 saturated carbocycles. The van der Waals surface area contributed by atoms with Gasteiger partial charge in [-0.15, -0.1) is 5.43 Å². The Labute approximate surface area is 81.9 Å². The van der Waals surface area contributed by atoms with Gasteiger partial charge >= 0.3 is 0 Å². The standard InChI is InChI=1S/C10H8ClN2/c1-7-9(11)10(13-12-7)8-5-3-2-4-6-8/h2-6H,1H3. The van der Waals surface area contributed by atoms with Crippen molar-refractivity contribution in [3.63, 3.8) is 0 Å². The molecule has 0 aromatic heterocycles. The van der Waals surface area contributed by atoms with Crippen LogP contribution in [0.4, 0.5) is 0 Å². The summed E-state index contributed by atoms with van der Waals surface area (Å²) >= 11 is 6.02. The minimum absolute atomic E-state index is 0.645. The molecule has 0 fully saturated rings.